The highest BCUT2D eigenvalue weighted by Gasteiger charge is 2.45. The zero-order valence-electron chi connectivity index (χ0n) is 9.83. The molecule has 3 saturated heterocycles. The average Bonchev–Trinajstić information content (AvgIpc) is 2.92. The molecule has 18 heavy (non-hydrogen) atoms. The van der Waals surface area contributed by atoms with E-state index in [-0.39, 0.29) is 36.6 Å². The molecule has 2 bridgehead atoms. The van der Waals surface area contributed by atoms with E-state index in [0.29, 0.717) is 0 Å². The van der Waals surface area contributed by atoms with Crippen LogP contribution in [0.2, 0.25) is 0 Å². The van der Waals surface area contributed by atoms with Crippen LogP contribution < -0.4 is 10.6 Å². The second-order valence-corrected chi connectivity index (χ2v) is 5.22. The van der Waals surface area contributed by atoms with Crippen LogP contribution in [0.1, 0.15) is 25.7 Å². The molecule has 4 atom stereocenters. The molecule has 3 fully saturated rings. The summed E-state index contributed by atoms with van der Waals surface area (Å²) >= 11 is 0. The maximum atomic E-state index is 13.0. The van der Waals surface area contributed by atoms with Crippen molar-refractivity contribution in [3.05, 3.63) is 0 Å². The molecule has 0 spiro atoms. The fraction of sp³-hybridized carbons (Fsp3) is 0.909. The van der Waals surface area contributed by atoms with Crippen LogP contribution in [0.5, 0.6) is 0 Å². The highest BCUT2D eigenvalue weighted by atomic mass is 35.5. The Balaban J connectivity index is 0.00000120. The topological polar surface area (TPSA) is 50.4 Å². The summed E-state index contributed by atoms with van der Waals surface area (Å²) in [5.74, 6) is -3.07. The van der Waals surface area contributed by atoms with Crippen LogP contribution in [0.4, 0.5) is 8.78 Å². The van der Waals surface area contributed by atoms with E-state index in [1.807, 2.05) is 0 Å². The van der Waals surface area contributed by atoms with Gasteiger partial charge in [-0.15, -0.1) is 12.4 Å². The van der Waals surface area contributed by atoms with Crippen molar-refractivity contribution in [2.24, 2.45) is 0 Å². The van der Waals surface area contributed by atoms with Gasteiger partial charge in [-0.05, 0) is 19.3 Å². The number of fused-ring (bicyclic) bond motifs is 2. The van der Waals surface area contributed by atoms with Crippen molar-refractivity contribution in [3.63, 3.8) is 0 Å². The molecule has 0 aliphatic carbocycles. The van der Waals surface area contributed by atoms with Crippen LogP contribution in [0.15, 0.2) is 0 Å². The molecule has 4 unspecified atom stereocenters. The Labute approximate surface area is 110 Å². The lowest BCUT2D eigenvalue weighted by Gasteiger charge is -2.22. The van der Waals surface area contributed by atoms with Crippen molar-refractivity contribution in [2.45, 2.75) is 55.9 Å². The normalized spacial score (nSPS) is 40.6. The molecular formula is C11H17ClF2N2O2. The predicted molar refractivity (Wildman–Crippen MR) is 63.0 cm³/mol. The number of carbonyl (C=O) groups is 1. The van der Waals surface area contributed by atoms with E-state index in [9.17, 15) is 13.6 Å². The van der Waals surface area contributed by atoms with Crippen LogP contribution >= 0.6 is 12.4 Å². The summed E-state index contributed by atoms with van der Waals surface area (Å²) in [6.07, 6.45) is 2.77. The number of hydrogen-bond donors (Lipinski definition) is 2. The number of amides is 1. The SMILES string of the molecule is Cl.O=C(NC1CC2CCC1O2)C1CC(F)(F)CN1. The molecule has 0 saturated carbocycles. The first kappa shape index (κ1) is 14.0. The van der Waals surface area contributed by atoms with Gasteiger partial charge < -0.3 is 10.1 Å². The first-order chi connectivity index (χ1) is 8.03. The highest BCUT2D eigenvalue weighted by Crippen LogP contribution is 2.34. The Hall–Kier alpha value is -0.460. The Morgan fingerprint density at radius 1 is 1.39 bits per heavy atom. The zero-order valence-corrected chi connectivity index (χ0v) is 10.6. The van der Waals surface area contributed by atoms with Gasteiger partial charge in [0.15, 0.2) is 0 Å². The third-order valence-electron chi connectivity index (χ3n) is 3.86. The fourth-order valence-electron chi connectivity index (χ4n) is 2.97. The van der Waals surface area contributed by atoms with Crippen LogP contribution in [-0.2, 0) is 9.53 Å². The number of carbonyl (C=O) groups excluding carboxylic acids is 1. The number of rotatable bonds is 2. The average molecular weight is 283 g/mol. The van der Waals surface area contributed by atoms with Gasteiger partial charge in [0.1, 0.15) is 0 Å². The predicted octanol–water partition coefficient (Wildman–Crippen LogP) is 0.841. The molecular weight excluding hydrogens is 266 g/mol. The lowest BCUT2D eigenvalue weighted by Crippen LogP contribution is -2.48. The van der Waals surface area contributed by atoms with E-state index in [4.69, 9.17) is 4.74 Å². The van der Waals surface area contributed by atoms with Gasteiger partial charge in [-0.3, -0.25) is 10.1 Å². The van der Waals surface area contributed by atoms with Crippen molar-refractivity contribution < 1.29 is 18.3 Å². The van der Waals surface area contributed by atoms with E-state index >= 15 is 0 Å². The number of ether oxygens (including phenoxy) is 1. The fourth-order valence-corrected chi connectivity index (χ4v) is 2.97. The van der Waals surface area contributed by atoms with Gasteiger partial charge in [0.05, 0.1) is 30.8 Å². The lowest BCUT2D eigenvalue weighted by molar-refractivity contribution is -0.124. The van der Waals surface area contributed by atoms with Gasteiger partial charge in [0.2, 0.25) is 5.91 Å². The van der Waals surface area contributed by atoms with Crippen molar-refractivity contribution in [3.8, 4) is 0 Å². The molecule has 3 heterocycles. The van der Waals surface area contributed by atoms with Crippen LogP contribution in [0.25, 0.3) is 0 Å². The Kier molecular flexibility index (Phi) is 3.80. The minimum atomic E-state index is -2.76. The van der Waals surface area contributed by atoms with Gasteiger partial charge >= 0.3 is 0 Å². The zero-order chi connectivity index (χ0) is 12.0. The highest BCUT2D eigenvalue weighted by molar-refractivity contribution is 5.85. The smallest absolute Gasteiger partial charge is 0.262 e. The molecule has 7 heteroatoms. The Morgan fingerprint density at radius 2 is 2.17 bits per heavy atom. The van der Waals surface area contributed by atoms with E-state index in [1.165, 1.54) is 0 Å². The molecule has 0 aromatic heterocycles. The minimum absolute atomic E-state index is 0. The maximum absolute atomic E-state index is 13.0. The third kappa shape index (κ3) is 2.60. The summed E-state index contributed by atoms with van der Waals surface area (Å²) in [6.45, 7) is -0.404. The van der Waals surface area contributed by atoms with Crippen LogP contribution in [-0.4, -0.2) is 42.7 Å². The quantitative estimate of drug-likeness (QED) is 0.789. The molecule has 3 aliphatic heterocycles. The van der Waals surface area contributed by atoms with Crippen LogP contribution in [0.3, 0.4) is 0 Å². The second-order valence-electron chi connectivity index (χ2n) is 5.22. The van der Waals surface area contributed by atoms with Gasteiger partial charge in [-0.1, -0.05) is 0 Å². The van der Waals surface area contributed by atoms with Crippen molar-refractivity contribution >= 4 is 18.3 Å². The molecule has 1 amide bonds. The third-order valence-corrected chi connectivity index (χ3v) is 3.86. The number of nitrogens with one attached hydrogen (secondary N) is 2. The molecule has 2 N–H and O–H groups in total. The Morgan fingerprint density at radius 3 is 2.67 bits per heavy atom. The Bertz CT molecular complexity index is 343. The first-order valence-corrected chi connectivity index (χ1v) is 6.10. The molecule has 104 valence electrons. The molecule has 3 aliphatic rings. The van der Waals surface area contributed by atoms with Crippen molar-refractivity contribution in [1.82, 2.24) is 10.6 Å². The van der Waals surface area contributed by atoms with E-state index in [1.54, 1.807) is 0 Å². The molecule has 4 nitrogen and oxygen atoms in total. The van der Waals surface area contributed by atoms with Crippen molar-refractivity contribution in [2.75, 3.05) is 6.54 Å². The monoisotopic (exact) mass is 282 g/mol. The lowest BCUT2D eigenvalue weighted by atomic mass is 9.95. The number of halogens is 3. The molecule has 0 radical (unpaired) electrons. The number of alkyl halides is 2. The van der Waals surface area contributed by atoms with Gasteiger partial charge in [-0.25, -0.2) is 8.78 Å². The maximum Gasteiger partial charge on any atom is 0.262 e. The summed E-state index contributed by atoms with van der Waals surface area (Å²) in [6, 6.07) is -0.749. The van der Waals surface area contributed by atoms with Crippen LogP contribution in [0, 0.1) is 0 Å². The van der Waals surface area contributed by atoms with Crippen molar-refractivity contribution in [1.29, 1.82) is 0 Å². The van der Waals surface area contributed by atoms with Gasteiger partial charge in [0, 0.05) is 6.42 Å². The second kappa shape index (κ2) is 4.90. The summed E-state index contributed by atoms with van der Waals surface area (Å²) in [4.78, 5) is 11.8. The summed E-state index contributed by atoms with van der Waals surface area (Å²) < 4.78 is 31.5. The molecule has 3 rings (SSSR count). The standard InChI is InChI=1S/C11H16F2N2O2.ClH/c12-11(13)4-8(14-5-11)10(16)15-7-3-6-1-2-9(7)17-6;/h6-9,14H,1-5H2,(H,15,16);1H. The van der Waals surface area contributed by atoms with E-state index < -0.39 is 24.9 Å². The molecule has 0 aromatic rings. The van der Waals surface area contributed by atoms with E-state index in [0.717, 1.165) is 19.3 Å². The molecule has 0 aromatic carbocycles. The minimum Gasteiger partial charge on any atom is -0.373 e. The number of hydrogen-bond acceptors (Lipinski definition) is 3. The summed E-state index contributed by atoms with van der Waals surface area (Å²) in [5, 5.41) is 5.39. The summed E-state index contributed by atoms with van der Waals surface area (Å²) in [5.41, 5.74) is 0. The van der Waals surface area contributed by atoms with E-state index in [2.05, 4.69) is 10.6 Å². The first-order valence-electron chi connectivity index (χ1n) is 6.10. The van der Waals surface area contributed by atoms with Gasteiger partial charge in [0.25, 0.3) is 5.92 Å². The van der Waals surface area contributed by atoms with Gasteiger partial charge in [-0.2, -0.15) is 0 Å². The summed E-state index contributed by atoms with van der Waals surface area (Å²) in [7, 11) is 0. The largest absolute Gasteiger partial charge is 0.373 e.